The molecule has 0 fully saturated rings. The third-order valence-corrected chi connectivity index (χ3v) is 10.4. The molecule has 1 heterocycles. The second-order valence-electron chi connectivity index (χ2n) is 7.84. The van der Waals surface area contributed by atoms with Crippen molar-refractivity contribution in [1.82, 2.24) is 0 Å². The van der Waals surface area contributed by atoms with Gasteiger partial charge in [0.25, 0.3) is 0 Å². The van der Waals surface area contributed by atoms with Crippen molar-refractivity contribution in [2.75, 3.05) is 23.9 Å². The number of anilines is 1. The number of aliphatic hydroxyl groups is 1. The molecular weight excluding hydrogens is 476 g/mol. The minimum atomic E-state index is -4.33. The Hall–Kier alpha value is -2.44. The second-order valence-corrected chi connectivity index (χ2v) is 14.2. The molecule has 0 saturated carbocycles. The summed E-state index contributed by atoms with van der Waals surface area (Å²) >= 11 is 0. The van der Waals surface area contributed by atoms with Crippen LogP contribution in [0.1, 0.15) is 26.3 Å². The van der Waals surface area contributed by atoms with Gasteiger partial charge in [-0.15, -0.1) is 0 Å². The number of sulfone groups is 2. The summed E-state index contributed by atoms with van der Waals surface area (Å²) in [5.74, 6) is -0.732. The molecule has 0 aliphatic carbocycles. The molecule has 1 aromatic rings. The van der Waals surface area contributed by atoms with Crippen molar-refractivity contribution in [2.45, 2.75) is 30.4 Å². The SMILES string of the molecule is C=C/C=N/C1=C(C)C(C)(C)S(=O)(=O)C(c2cccc(N(C)S(C)(=O)=O)c2S(C)(=O)=O)=C1O. The Morgan fingerprint density at radius 2 is 1.72 bits per heavy atom. The summed E-state index contributed by atoms with van der Waals surface area (Å²) in [4.78, 5) is 2.91. The smallest absolute Gasteiger partial charge is 0.232 e. The molecule has 9 nitrogen and oxygen atoms in total. The Morgan fingerprint density at radius 1 is 1.16 bits per heavy atom. The first-order chi connectivity index (χ1) is 14.4. The van der Waals surface area contributed by atoms with Crippen LogP contribution in [0.3, 0.4) is 0 Å². The third kappa shape index (κ3) is 4.14. The van der Waals surface area contributed by atoms with Crippen molar-refractivity contribution in [1.29, 1.82) is 0 Å². The fourth-order valence-electron chi connectivity index (χ4n) is 3.23. The molecule has 1 aromatic carbocycles. The summed E-state index contributed by atoms with van der Waals surface area (Å²) in [6.45, 7) is 7.85. The van der Waals surface area contributed by atoms with Crippen LogP contribution in [0.2, 0.25) is 0 Å². The molecule has 0 amide bonds. The van der Waals surface area contributed by atoms with Crippen molar-refractivity contribution < 1.29 is 30.4 Å². The molecule has 0 bridgehead atoms. The zero-order valence-electron chi connectivity index (χ0n) is 18.6. The lowest BCUT2D eigenvalue weighted by Gasteiger charge is -2.34. The molecule has 32 heavy (non-hydrogen) atoms. The van der Waals surface area contributed by atoms with Crippen molar-refractivity contribution in [2.24, 2.45) is 4.99 Å². The third-order valence-electron chi connectivity index (χ3n) is 5.39. The molecule has 0 unspecified atom stereocenters. The highest BCUT2D eigenvalue weighted by Crippen LogP contribution is 2.47. The van der Waals surface area contributed by atoms with Crippen molar-refractivity contribution in [3.05, 3.63) is 53.4 Å². The summed E-state index contributed by atoms with van der Waals surface area (Å²) in [5.41, 5.74) is -0.378. The highest BCUT2D eigenvalue weighted by atomic mass is 32.2. The predicted octanol–water partition coefficient (Wildman–Crippen LogP) is 2.45. The quantitative estimate of drug-likeness (QED) is 0.590. The molecule has 1 aliphatic rings. The fraction of sp³-hybridized carbons (Fsp3) is 0.350. The lowest BCUT2D eigenvalue weighted by atomic mass is 9.99. The van der Waals surface area contributed by atoms with E-state index < -0.39 is 50.0 Å². The maximum absolute atomic E-state index is 13.6. The van der Waals surface area contributed by atoms with Crippen LogP contribution < -0.4 is 4.31 Å². The first-order valence-electron chi connectivity index (χ1n) is 9.22. The molecule has 0 saturated heterocycles. The van der Waals surface area contributed by atoms with E-state index in [1.807, 2.05) is 0 Å². The molecule has 0 atom stereocenters. The number of hydrogen-bond donors (Lipinski definition) is 1. The average molecular weight is 503 g/mol. The van der Waals surface area contributed by atoms with Crippen LogP contribution in [-0.4, -0.2) is 60.9 Å². The van der Waals surface area contributed by atoms with E-state index in [9.17, 15) is 30.4 Å². The first-order valence-corrected chi connectivity index (χ1v) is 14.4. The number of sulfonamides is 1. The van der Waals surface area contributed by atoms with Gasteiger partial charge in [-0.1, -0.05) is 24.8 Å². The van der Waals surface area contributed by atoms with Crippen LogP contribution in [0.25, 0.3) is 4.91 Å². The number of aliphatic imine (C=N–C) groups is 1. The molecular formula is C20H26N2O7S3. The molecule has 12 heteroatoms. The first kappa shape index (κ1) is 25.8. The van der Waals surface area contributed by atoms with Crippen LogP contribution in [-0.2, 0) is 29.7 Å². The summed E-state index contributed by atoms with van der Waals surface area (Å²) in [5, 5.41) is 11.0. The molecule has 1 N–H and O–H groups in total. The molecule has 0 radical (unpaired) electrons. The number of benzene rings is 1. The van der Waals surface area contributed by atoms with Crippen molar-refractivity contribution in [3.63, 3.8) is 0 Å². The minimum absolute atomic E-state index is 0.0407. The van der Waals surface area contributed by atoms with Gasteiger partial charge < -0.3 is 5.11 Å². The van der Waals surface area contributed by atoms with E-state index in [-0.39, 0.29) is 22.5 Å². The zero-order valence-corrected chi connectivity index (χ0v) is 21.1. The Bertz CT molecular complexity index is 1400. The number of aliphatic hydroxyl groups excluding tert-OH is 1. The Kier molecular flexibility index (Phi) is 6.58. The van der Waals surface area contributed by atoms with Gasteiger partial charge in [0.05, 0.1) is 21.6 Å². The highest BCUT2D eigenvalue weighted by molar-refractivity contribution is 8.02. The molecule has 2 rings (SSSR count). The number of allylic oxidation sites excluding steroid dienone is 1. The predicted molar refractivity (Wildman–Crippen MR) is 127 cm³/mol. The summed E-state index contributed by atoms with van der Waals surface area (Å²) in [6, 6.07) is 3.78. The van der Waals surface area contributed by atoms with E-state index in [0.29, 0.717) is 0 Å². The van der Waals surface area contributed by atoms with Crippen LogP contribution in [0.4, 0.5) is 5.69 Å². The van der Waals surface area contributed by atoms with Gasteiger partial charge in [0.1, 0.15) is 10.6 Å². The fourth-order valence-corrected chi connectivity index (χ4v) is 6.84. The Balaban J connectivity index is 3.15. The normalized spacial score (nSPS) is 18.8. The number of nitrogens with zero attached hydrogens (tertiary/aromatic N) is 2. The second kappa shape index (κ2) is 8.16. The van der Waals surface area contributed by atoms with E-state index in [1.54, 1.807) is 0 Å². The maximum Gasteiger partial charge on any atom is 0.232 e. The van der Waals surface area contributed by atoms with Gasteiger partial charge in [-0.2, -0.15) is 0 Å². The molecule has 176 valence electrons. The van der Waals surface area contributed by atoms with Gasteiger partial charge in [0.2, 0.25) is 10.0 Å². The van der Waals surface area contributed by atoms with Crippen LogP contribution in [0, 0.1) is 0 Å². The number of hydrogen-bond acceptors (Lipinski definition) is 8. The molecule has 0 aromatic heterocycles. The Morgan fingerprint density at radius 3 is 2.19 bits per heavy atom. The largest absolute Gasteiger partial charge is 0.504 e. The van der Waals surface area contributed by atoms with Crippen LogP contribution in [0.15, 0.2) is 57.8 Å². The minimum Gasteiger partial charge on any atom is -0.504 e. The van der Waals surface area contributed by atoms with E-state index in [1.165, 1.54) is 51.3 Å². The lowest BCUT2D eigenvalue weighted by molar-refractivity contribution is 0.420. The van der Waals surface area contributed by atoms with Gasteiger partial charge in [0.15, 0.2) is 25.4 Å². The van der Waals surface area contributed by atoms with Crippen LogP contribution >= 0.6 is 0 Å². The number of rotatable bonds is 6. The van der Waals surface area contributed by atoms with Gasteiger partial charge in [-0.25, -0.2) is 25.3 Å². The topological polar surface area (TPSA) is 138 Å². The van der Waals surface area contributed by atoms with E-state index in [2.05, 4.69) is 11.6 Å². The zero-order chi connectivity index (χ0) is 24.9. The van der Waals surface area contributed by atoms with E-state index in [0.717, 1.165) is 23.9 Å². The van der Waals surface area contributed by atoms with E-state index >= 15 is 0 Å². The summed E-state index contributed by atoms with van der Waals surface area (Å²) in [7, 11) is -11.2. The van der Waals surface area contributed by atoms with Crippen molar-refractivity contribution in [3.8, 4) is 0 Å². The standard InChI is InChI=1S/C20H26N2O7S3/c1-8-12-21-16-13(2)20(3,4)32(28,29)19(17(16)23)14-10-9-11-15(18(14)30(6,24)25)22(5)31(7,26)27/h8-12,23H,1H2,2-7H3/b21-12+. The highest BCUT2D eigenvalue weighted by Gasteiger charge is 2.48. The van der Waals surface area contributed by atoms with E-state index in [4.69, 9.17) is 0 Å². The van der Waals surface area contributed by atoms with Gasteiger partial charge in [-0.3, -0.25) is 9.30 Å². The van der Waals surface area contributed by atoms with Crippen molar-refractivity contribution >= 4 is 46.5 Å². The van der Waals surface area contributed by atoms with Gasteiger partial charge in [0, 0.05) is 25.1 Å². The summed E-state index contributed by atoms with van der Waals surface area (Å²) < 4.78 is 76.1. The van der Waals surface area contributed by atoms with Gasteiger partial charge in [-0.05, 0) is 32.4 Å². The monoisotopic (exact) mass is 502 g/mol. The van der Waals surface area contributed by atoms with Gasteiger partial charge >= 0.3 is 0 Å². The molecule has 1 aliphatic heterocycles. The average Bonchev–Trinajstić information content (AvgIpc) is 2.64. The molecule has 0 spiro atoms. The Labute approximate surface area is 189 Å². The lowest BCUT2D eigenvalue weighted by Crippen LogP contribution is -2.38. The maximum atomic E-state index is 13.6. The summed E-state index contributed by atoms with van der Waals surface area (Å²) in [6.07, 6.45) is 4.33. The van der Waals surface area contributed by atoms with Crippen LogP contribution in [0.5, 0.6) is 0 Å².